The quantitative estimate of drug-likeness (QED) is 0.183. The van der Waals surface area contributed by atoms with Crippen LogP contribution < -0.4 is 15.4 Å². The highest BCUT2D eigenvalue weighted by Crippen LogP contribution is 2.63. The number of hydrogen-bond acceptors (Lipinski definition) is 5. The first-order valence-corrected chi connectivity index (χ1v) is 13.0. The fraction of sp³-hybridized carbons (Fsp3) is 0.615. The molecule has 0 unspecified atom stereocenters. The Kier molecular flexibility index (Phi) is 11.8. The highest BCUT2D eigenvalue weighted by Gasteiger charge is 2.94. The van der Waals surface area contributed by atoms with E-state index in [0.29, 0.717) is 6.07 Å². The van der Waals surface area contributed by atoms with Crippen LogP contribution in [-0.4, -0.2) is 65.1 Å². The zero-order valence-corrected chi connectivity index (χ0v) is 26.1. The van der Waals surface area contributed by atoms with Crippen LogP contribution in [0.15, 0.2) is 24.0 Å². The highest BCUT2D eigenvalue weighted by molar-refractivity contribution is 5.91. The summed E-state index contributed by atoms with van der Waals surface area (Å²) < 4.78 is 245. The summed E-state index contributed by atoms with van der Waals surface area (Å²) in [5, 5.41) is 3.90. The van der Waals surface area contributed by atoms with E-state index in [2.05, 4.69) is 4.74 Å². The number of alkyl halides is 15. The molecule has 0 spiro atoms. The first-order chi connectivity index (χ1) is 21.8. The van der Waals surface area contributed by atoms with Gasteiger partial charge in [0, 0.05) is 17.3 Å². The minimum atomic E-state index is -8.75. The highest BCUT2D eigenvalue weighted by atomic mass is 19.4. The molecule has 0 aliphatic rings. The number of allylic oxidation sites excluding steroid dienone is 1. The number of halogens is 17. The summed E-state index contributed by atoms with van der Waals surface area (Å²) in [4.78, 5) is 24.4. The molecular formula is C26H25F17N2O5. The minimum Gasteiger partial charge on any atom is -0.444 e. The molecular weight excluding hydrogens is 743 g/mol. The third kappa shape index (κ3) is 8.52. The van der Waals surface area contributed by atoms with E-state index in [9.17, 15) is 84.2 Å². The van der Waals surface area contributed by atoms with Crippen LogP contribution in [0.1, 0.15) is 47.1 Å². The Labute approximate surface area is 270 Å². The zero-order valence-electron chi connectivity index (χ0n) is 26.1. The maximum absolute atomic E-state index is 14.6. The Balaban J connectivity index is 3.80. The number of benzene rings is 1. The van der Waals surface area contributed by atoms with Crippen molar-refractivity contribution in [2.75, 3.05) is 10.6 Å². The van der Waals surface area contributed by atoms with Crippen molar-refractivity contribution in [1.29, 1.82) is 0 Å². The lowest BCUT2D eigenvalue weighted by molar-refractivity contribution is -0.451. The van der Waals surface area contributed by atoms with Crippen LogP contribution in [0.3, 0.4) is 0 Å². The van der Waals surface area contributed by atoms with Crippen molar-refractivity contribution < 1.29 is 98.4 Å². The van der Waals surface area contributed by atoms with E-state index in [1.807, 2.05) is 10.6 Å². The Morgan fingerprint density at radius 2 is 0.960 bits per heavy atom. The Morgan fingerprint density at radius 1 is 0.580 bits per heavy atom. The van der Waals surface area contributed by atoms with Crippen molar-refractivity contribution in [3.63, 3.8) is 0 Å². The average molecular weight is 768 g/mol. The van der Waals surface area contributed by atoms with Crippen LogP contribution in [0.2, 0.25) is 0 Å². The molecule has 1 aromatic carbocycles. The van der Waals surface area contributed by atoms with Gasteiger partial charge in [0.1, 0.15) is 17.0 Å². The number of nitrogens with one attached hydrogen (secondary N) is 2. The molecule has 50 heavy (non-hydrogen) atoms. The van der Waals surface area contributed by atoms with Gasteiger partial charge in [-0.2, -0.15) is 74.6 Å². The van der Waals surface area contributed by atoms with Crippen molar-refractivity contribution >= 4 is 23.6 Å². The predicted molar refractivity (Wildman–Crippen MR) is 136 cm³/mol. The smallest absolute Gasteiger partial charge is 0.444 e. The number of hydrogen-bond donors (Lipinski definition) is 2. The van der Waals surface area contributed by atoms with E-state index in [1.54, 1.807) is 0 Å². The second-order valence-electron chi connectivity index (χ2n) is 12.0. The minimum absolute atomic E-state index is 0.366. The largest absolute Gasteiger partial charge is 0.460 e. The number of amides is 2. The number of ether oxygens (including phenoxy) is 3. The summed E-state index contributed by atoms with van der Waals surface area (Å²) in [6.45, 7) is 8.92. The van der Waals surface area contributed by atoms with Crippen molar-refractivity contribution in [1.82, 2.24) is 0 Å². The van der Waals surface area contributed by atoms with Gasteiger partial charge in [0.05, 0.1) is 5.69 Å². The number of carbonyl (C=O) groups excluding carboxylic acids is 2. The van der Waals surface area contributed by atoms with Gasteiger partial charge in [0.25, 0.3) is 0 Å². The van der Waals surface area contributed by atoms with Crippen LogP contribution in [0.4, 0.5) is 95.6 Å². The molecule has 24 heteroatoms. The van der Waals surface area contributed by atoms with E-state index in [-0.39, 0.29) is 0 Å². The van der Waals surface area contributed by atoms with E-state index in [1.165, 1.54) is 41.5 Å². The lowest BCUT2D eigenvalue weighted by atomic mass is 9.91. The van der Waals surface area contributed by atoms with Crippen LogP contribution in [0, 0.1) is 6.92 Å². The summed E-state index contributed by atoms with van der Waals surface area (Å²) in [5.41, 5.74) is -4.41. The Bertz CT molecular complexity index is 1480. The maximum Gasteiger partial charge on any atom is 0.460 e. The molecule has 0 aromatic heterocycles. The molecule has 0 bridgehead atoms. The number of carbonyl (C=O) groups is 2. The summed E-state index contributed by atoms with van der Waals surface area (Å²) in [5.74, 6) is -56.5. The Morgan fingerprint density at radius 3 is 1.36 bits per heavy atom. The monoisotopic (exact) mass is 768 g/mol. The van der Waals surface area contributed by atoms with Gasteiger partial charge in [-0.15, -0.1) is 0 Å². The average Bonchev–Trinajstić information content (AvgIpc) is 2.87. The normalized spacial score (nSPS) is 14.9. The van der Waals surface area contributed by atoms with Crippen molar-refractivity contribution in [2.45, 2.75) is 101 Å². The molecule has 288 valence electrons. The standard InChI is InChI=1S/C26H25F17N2O5/c1-10-12(45-17(47)50-19(5,6)7)8-11(44-16(46)49-18(2,3)4)9-13(10)48-15(28)14(27)20(29,30)21(31,32)22(33,34)23(35,36)24(37,38)25(39,40)26(41,42)43/h8-9H,1-7H3,(H,44,46)(H,45,47). The second kappa shape index (κ2) is 13.3. The molecule has 1 rings (SSSR count). The topological polar surface area (TPSA) is 85.9 Å². The third-order valence-corrected chi connectivity index (χ3v) is 5.62. The Hall–Kier alpha value is -3.89. The lowest BCUT2D eigenvalue weighted by Gasteiger charge is -2.41. The van der Waals surface area contributed by atoms with E-state index >= 15 is 0 Å². The van der Waals surface area contributed by atoms with Crippen molar-refractivity contribution in [2.24, 2.45) is 0 Å². The van der Waals surface area contributed by atoms with Crippen molar-refractivity contribution in [3.8, 4) is 5.75 Å². The third-order valence-electron chi connectivity index (χ3n) is 5.62. The molecule has 0 aliphatic heterocycles. The summed E-state index contributed by atoms with van der Waals surface area (Å²) in [7, 11) is 0. The zero-order chi connectivity index (χ0) is 40.1. The van der Waals surface area contributed by atoms with Gasteiger partial charge < -0.3 is 14.2 Å². The van der Waals surface area contributed by atoms with E-state index in [4.69, 9.17) is 9.47 Å². The van der Waals surface area contributed by atoms with Gasteiger partial charge in [-0.1, -0.05) is 0 Å². The molecule has 0 saturated carbocycles. The van der Waals surface area contributed by atoms with Gasteiger partial charge in [0.15, 0.2) is 0 Å². The number of rotatable bonds is 10. The molecule has 0 radical (unpaired) electrons. The second-order valence-corrected chi connectivity index (χ2v) is 12.0. The molecule has 2 N–H and O–H groups in total. The summed E-state index contributed by atoms with van der Waals surface area (Å²) >= 11 is 0. The van der Waals surface area contributed by atoms with E-state index < -0.39 is 99.6 Å². The molecule has 0 fully saturated rings. The van der Waals surface area contributed by atoms with Gasteiger partial charge in [0.2, 0.25) is 5.83 Å². The molecule has 0 heterocycles. The van der Waals surface area contributed by atoms with Gasteiger partial charge >= 0.3 is 59.9 Å². The van der Waals surface area contributed by atoms with Gasteiger partial charge in [-0.25, -0.2) is 9.59 Å². The summed E-state index contributed by atoms with van der Waals surface area (Å²) in [6, 6.07) is -2.57. The lowest BCUT2D eigenvalue weighted by Crippen LogP contribution is -2.72. The van der Waals surface area contributed by atoms with Gasteiger partial charge in [-0.05, 0) is 54.5 Å². The molecule has 7 nitrogen and oxygen atoms in total. The van der Waals surface area contributed by atoms with Crippen LogP contribution in [-0.2, 0) is 9.47 Å². The molecule has 2 amide bonds. The van der Waals surface area contributed by atoms with Crippen molar-refractivity contribution in [3.05, 3.63) is 29.5 Å². The molecule has 0 saturated heterocycles. The fourth-order valence-corrected chi connectivity index (χ4v) is 3.20. The summed E-state index contributed by atoms with van der Waals surface area (Å²) in [6.07, 6.45) is -10.5. The molecule has 1 aromatic rings. The maximum atomic E-state index is 14.6. The first-order valence-electron chi connectivity index (χ1n) is 13.0. The fourth-order valence-electron chi connectivity index (χ4n) is 3.20. The van der Waals surface area contributed by atoms with Gasteiger partial charge in [-0.3, -0.25) is 10.6 Å². The van der Waals surface area contributed by atoms with Crippen LogP contribution in [0.5, 0.6) is 5.75 Å². The van der Waals surface area contributed by atoms with Crippen LogP contribution in [0.25, 0.3) is 0 Å². The molecule has 0 aliphatic carbocycles. The number of anilines is 2. The predicted octanol–water partition coefficient (Wildman–Crippen LogP) is 10.6. The first kappa shape index (κ1) is 44.1. The van der Waals surface area contributed by atoms with Crippen LogP contribution >= 0.6 is 0 Å². The SMILES string of the molecule is Cc1c(NC(=O)OC(C)(C)C)cc(NC(=O)OC(C)(C)C)cc1OC(F)=C(F)C(F)(F)C(F)(F)C(F)(F)C(F)(F)C(F)(F)C(F)(F)C(F)(F)F. The van der Waals surface area contributed by atoms with E-state index in [0.717, 1.165) is 13.0 Å². The molecule has 0 atom stereocenters.